The van der Waals surface area contributed by atoms with Crippen LogP contribution in [-0.2, 0) is 9.57 Å². The van der Waals surface area contributed by atoms with Crippen molar-refractivity contribution in [2.24, 2.45) is 5.92 Å². The first-order chi connectivity index (χ1) is 17.5. The number of rotatable bonds is 7. The Hall–Kier alpha value is -2.06. The molecule has 214 valence electrons. The van der Waals surface area contributed by atoms with E-state index in [0.29, 0.717) is 0 Å². The van der Waals surface area contributed by atoms with Gasteiger partial charge in [0.2, 0.25) is 6.17 Å². The second kappa shape index (κ2) is 11.6. The topological polar surface area (TPSA) is 77.2 Å². The molecule has 1 N–H and O–H groups in total. The van der Waals surface area contributed by atoms with Gasteiger partial charge in [-0.3, -0.25) is 9.36 Å². The molecule has 2 aliphatic rings. The number of quaternary nitrogens is 1. The Balaban J connectivity index is 2.16. The van der Waals surface area contributed by atoms with Crippen molar-refractivity contribution in [1.29, 1.82) is 0 Å². The minimum Gasteiger partial charge on any atom is -0.598 e. The number of alkyl halides is 5. The molecule has 2 unspecified atom stereocenters. The van der Waals surface area contributed by atoms with Gasteiger partial charge in [-0.1, -0.05) is 17.2 Å². The van der Waals surface area contributed by atoms with Crippen molar-refractivity contribution < 1.29 is 45.9 Å². The van der Waals surface area contributed by atoms with E-state index in [1.165, 1.54) is 6.92 Å². The van der Waals surface area contributed by atoms with E-state index in [4.69, 9.17) is 21.2 Å². The number of ether oxygens (including phenoxy) is 2. The highest BCUT2D eigenvalue weighted by Gasteiger charge is 2.43. The fraction of sp³-hybridized carbons (Fsp3) is 0.625. The highest BCUT2D eigenvalue weighted by Crippen LogP contribution is 2.47. The van der Waals surface area contributed by atoms with E-state index in [-0.39, 0.29) is 40.3 Å². The molecule has 4 atom stereocenters. The Kier molecular flexibility index (Phi) is 9.29. The number of nitrogens with one attached hydrogen (secondary N) is 1. The fourth-order valence-electron chi connectivity index (χ4n) is 4.38. The number of hydrogen-bond acceptors (Lipinski definition) is 5. The van der Waals surface area contributed by atoms with Crippen LogP contribution in [-0.4, -0.2) is 35.7 Å². The molecule has 1 aromatic rings. The van der Waals surface area contributed by atoms with Gasteiger partial charge in [0.1, 0.15) is 23.8 Å². The Bertz CT molecular complexity index is 1140. The summed E-state index contributed by atoms with van der Waals surface area (Å²) in [5.41, 5.74) is -2.10. The summed E-state index contributed by atoms with van der Waals surface area (Å²) >= 11 is 5.98. The van der Waals surface area contributed by atoms with Crippen LogP contribution in [0, 0.1) is 11.1 Å². The third kappa shape index (κ3) is 7.32. The first-order valence-electron chi connectivity index (χ1n) is 11.9. The second-order valence-corrected chi connectivity index (χ2v) is 10.7. The Morgan fingerprint density at radius 3 is 2.50 bits per heavy atom. The van der Waals surface area contributed by atoms with Crippen molar-refractivity contribution in [2.45, 2.75) is 84.0 Å². The number of allylic oxidation sites excluding steroid dienone is 4. The third-order valence-electron chi connectivity index (χ3n) is 6.07. The van der Waals surface area contributed by atoms with Crippen LogP contribution in [0.1, 0.15) is 65.1 Å². The van der Waals surface area contributed by atoms with E-state index in [1.807, 2.05) is 0 Å². The Morgan fingerprint density at radius 1 is 1.26 bits per heavy atom. The number of hydroxylamine groups is 2. The number of nitrogens with zero attached hydrogens (tertiary/aromatic N) is 1. The molecule has 0 amide bonds. The van der Waals surface area contributed by atoms with Gasteiger partial charge in [-0.2, -0.15) is 26.8 Å². The molecule has 0 radical (unpaired) electrons. The van der Waals surface area contributed by atoms with E-state index in [2.05, 4.69) is 4.74 Å². The van der Waals surface area contributed by atoms with Crippen LogP contribution >= 0.6 is 11.6 Å². The fourth-order valence-corrected chi connectivity index (χ4v) is 4.57. The van der Waals surface area contributed by atoms with Crippen molar-refractivity contribution >= 4 is 17.2 Å². The lowest BCUT2D eigenvalue weighted by Crippen LogP contribution is -3.09. The van der Waals surface area contributed by atoms with E-state index < -0.39 is 72.6 Å². The molecule has 1 aromatic heterocycles. The van der Waals surface area contributed by atoms with Crippen LogP contribution in [0.2, 0.25) is 0 Å². The molecule has 1 aliphatic carbocycles. The summed E-state index contributed by atoms with van der Waals surface area (Å²) in [5, 5.41) is 11.9. The monoisotopic (exact) mass is 574 g/mol. The maximum atomic E-state index is 15.2. The van der Waals surface area contributed by atoms with Crippen LogP contribution in [0.5, 0.6) is 5.75 Å². The van der Waals surface area contributed by atoms with Gasteiger partial charge in [-0.05, 0) is 47.0 Å². The summed E-state index contributed by atoms with van der Waals surface area (Å²) in [7, 11) is 0. The summed E-state index contributed by atoms with van der Waals surface area (Å²) in [6, 6.07) is 0.934. The van der Waals surface area contributed by atoms with E-state index in [1.54, 1.807) is 20.8 Å². The maximum Gasteiger partial charge on any atom is 0.395 e. The zero-order chi connectivity index (χ0) is 28.6. The number of aromatic nitrogens is 1. The minimum absolute atomic E-state index is 0.00674. The number of hydrogen-bond donors (Lipinski definition) is 1. The smallest absolute Gasteiger partial charge is 0.395 e. The highest BCUT2D eigenvalue weighted by molar-refractivity contribution is 6.31. The predicted octanol–water partition coefficient (Wildman–Crippen LogP) is 5.41. The Morgan fingerprint density at radius 2 is 1.92 bits per heavy atom. The number of halogens is 7. The molecule has 3 rings (SSSR count). The summed E-state index contributed by atoms with van der Waals surface area (Å²) < 4.78 is 92.6. The van der Waals surface area contributed by atoms with Gasteiger partial charge in [-0.15, -0.1) is 0 Å². The van der Waals surface area contributed by atoms with Crippen molar-refractivity contribution in [2.75, 3.05) is 6.61 Å². The zero-order valence-corrected chi connectivity index (χ0v) is 21.9. The summed E-state index contributed by atoms with van der Waals surface area (Å²) in [5.74, 6) is -3.23. The molecule has 2 heterocycles. The maximum absolute atomic E-state index is 15.2. The molecule has 0 saturated heterocycles. The molecular formula is C24H29ClF6N2O5. The lowest BCUT2D eigenvalue weighted by Gasteiger charge is -2.36. The normalized spacial score (nSPS) is 21.3. The SMILES string of the molecule is C[C@@H](CC(n1cc2c(cc1=O)C1=C(CCC(Cl)=C1F)C[C@@H](C(F)(F)F)CO2)[NH+]([O-])OC(C)(C)C)OC(F)F. The minimum atomic E-state index is -4.66. The van der Waals surface area contributed by atoms with Crippen molar-refractivity contribution in [3.05, 3.63) is 49.8 Å². The average Bonchev–Trinajstić information content (AvgIpc) is 2.74. The summed E-state index contributed by atoms with van der Waals surface area (Å²) in [6.07, 6.45) is -7.32. The van der Waals surface area contributed by atoms with Gasteiger partial charge in [-0.25, -0.2) is 9.62 Å². The summed E-state index contributed by atoms with van der Waals surface area (Å²) in [6.45, 7) is 1.94. The Labute approximate surface area is 220 Å². The van der Waals surface area contributed by atoms with Crippen LogP contribution < -0.4 is 15.5 Å². The van der Waals surface area contributed by atoms with Crippen molar-refractivity contribution in [3.63, 3.8) is 0 Å². The molecule has 0 bridgehead atoms. The second-order valence-electron chi connectivity index (χ2n) is 10.2. The highest BCUT2D eigenvalue weighted by atomic mass is 35.5. The standard InChI is InChI=1S/C24H29ClF6N2O5/c1-12(37-22(27)28)7-18(33(35)38-23(2,3)4)32-10-17-15(9-19(32)34)20-13(5-6-16(25)21(20)26)8-14(11-36-17)24(29,30)31/h9-10,12,14,18,22,33H,5-8,11H2,1-4H3/t12-,14+,18?/m0/s1. The van der Waals surface area contributed by atoms with Crippen LogP contribution in [0.3, 0.4) is 0 Å². The lowest BCUT2D eigenvalue weighted by atomic mass is 9.85. The van der Waals surface area contributed by atoms with E-state index in [0.717, 1.165) is 16.8 Å². The molecular weight excluding hydrogens is 546 g/mol. The molecule has 0 spiro atoms. The van der Waals surface area contributed by atoms with Gasteiger partial charge in [0, 0.05) is 23.6 Å². The lowest BCUT2D eigenvalue weighted by molar-refractivity contribution is -1.09. The number of pyridine rings is 1. The van der Waals surface area contributed by atoms with E-state index >= 15 is 4.39 Å². The summed E-state index contributed by atoms with van der Waals surface area (Å²) in [4.78, 5) is 18.6. The van der Waals surface area contributed by atoms with Crippen molar-refractivity contribution in [3.8, 4) is 5.75 Å². The van der Waals surface area contributed by atoms with Gasteiger partial charge in [0.05, 0.1) is 23.3 Å². The quantitative estimate of drug-likeness (QED) is 0.348. The van der Waals surface area contributed by atoms with Crippen LogP contribution in [0.25, 0.3) is 5.57 Å². The third-order valence-corrected chi connectivity index (χ3v) is 6.43. The van der Waals surface area contributed by atoms with Crippen molar-refractivity contribution in [1.82, 2.24) is 4.57 Å². The molecule has 1 aliphatic heterocycles. The van der Waals surface area contributed by atoms with Gasteiger partial charge in [0.15, 0.2) is 0 Å². The molecule has 38 heavy (non-hydrogen) atoms. The first kappa shape index (κ1) is 30.5. The largest absolute Gasteiger partial charge is 0.598 e. The van der Waals surface area contributed by atoms with Gasteiger partial charge < -0.3 is 14.7 Å². The molecule has 7 nitrogen and oxygen atoms in total. The van der Waals surface area contributed by atoms with Gasteiger partial charge >= 0.3 is 12.8 Å². The van der Waals surface area contributed by atoms with Crippen LogP contribution in [0.4, 0.5) is 26.3 Å². The molecule has 0 fully saturated rings. The predicted molar refractivity (Wildman–Crippen MR) is 126 cm³/mol. The number of fused-ring (bicyclic) bond motifs is 2. The zero-order valence-electron chi connectivity index (χ0n) is 21.1. The molecule has 0 aromatic carbocycles. The molecule has 14 heteroatoms. The van der Waals surface area contributed by atoms with Gasteiger partial charge in [0.25, 0.3) is 5.56 Å². The van der Waals surface area contributed by atoms with E-state index in [9.17, 15) is 32.0 Å². The van der Waals surface area contributed by atoms with Crippen LogP contribution in [0.15, 0.2) is 33.5 Å². The average molecular weight is 575 g/mol. The molecule has 0 saturated carbocycles. The first-order valence-corrected chi connectivity index (χ1v) is 12.2.